The second-order valence-electron chi connectivity index (χ2n) is 14.0. The lowest BCUT2D eigenvalue weighted by Gasteiger charge is -2.24. The van der Waals surface area contributed by atoms with Crippen LogP contribution in [-0.4, -0.2) is 66.8 Å². The lowest BCUT2D eigenvalue weighted by Crippen LogP contribution is -2.43. The minimum Gasteiger partial charge on any atom is -0.463 e. The van der Waals surface area contributed by atoms with Crippen molar-refractivity contribution in [3.05, 3.63) is 155 Å². The van der Waals surface area contributed by atoms with Gasteiger partial charge in [-0.1, -0.05) is 103 Å². The van der Waals surface area contributed by atoms with E-state index in [0.717, 1.165) is 44.5 Å². The molecule has 274 valence electrons. The summed E-state index contributed by atoms with van der Waals surface area (Å²) in [6, 6.07) is 36.5. The van der Waals surface area contributed by atoms with Crippen molar-refractivity contribution in [2.75, 3.05) is 19.8 Å². The van der Waals surface area contributed by atoms with Gasteiger partial charge in [-0.15, -0.1) is 6.42 Å². The average molecular weight is 731 g/mol. The Bertz CT molecular complexity index is 2140. The van der Waals surface area contributed by atoms with Gasteiger partial charge in [0.15, 0.2) is 0 Å². The van der Waals surface area contributed by atoms with Crippen molar-refractivity contribution < 1.29 is 33.4 Å². The molecule has 0 spiro atoms. The predicted molar refractivity (Wildman–Crippen MR) is 206 cm³/mol. The van der Waals surface area contributed by atoms with Gasteiger partial charge < -0.3 is 19.5 Å². The highest BCUT2D eigenvalue weighted by molar-refractivity contribution is 5.96. The third-order valence-corrected chi connectivity index (χ3v) is 10.8. The molecular formula is C46H38N2O7. The molecule has 9 heteroatoms. The summed E-state index contributed by atoms with van der Waals surface area (Å²) in [6.07, 6.45) is 3.85. The van der Waals surface area contributed by atoms with Crippen molar-refractivity contribution in [2.24, 2.45) is 0 Å². The van der Waals surface area contributed by atoms with Crippen LogP contribution in [0, 0.1) is 12.3 Å². The quantitative estimate of drug-likeness (QED) is 0.0981. The van der Waals surface area contributed by atoms with E-state index in [1.807, 2.05) is 72.8 Å². The van der Waals surface area contributed by atoms with Gasteiger partial charge in [0.2, 0.25) is 0 Å². The van der Waals surface area contributed by atoms with Gasteiger partial charge in [-0.3, -0.25) is 9.69 Å². The van der Waals surface area contributed by atoms with E-state index in [4.69, 9.17) is 20.6 Å². The molecule has 55 heavy (non-hydrogen) atoms. The van der Waals surface area contributed by atoms with Crippen molar-refractivity contribution in [1.29, 1.82) is 0 Å². The average Bonchev–Trinajstić information content (AvgIpc) is 3.89. The maximum atomic E-state index is 14.0. The molecule has 1 fully saturated rings. The Morgan fingerprint density at radius 3 is 1.67 bits per heavy atom. The SMILES string of the molecule is C#Cc1ccc(C(=O)N[C@@H](C)C(=O)O[C@@H]2C[C@@H](C(=O)OCC3c4ccccc4-c4ccccc43)N(C(=O)OCC3c4ccccc4-c4ccccc43)C2)cc1. The molecule has 5 aromatic rings. The summed E-state index contributed by atoms with van der Waals surface area (Å²) >= 11 is 0. The number of ether oxygens (including phenoxy) is 3. The monoisotopic (exact) mass is 730 g/mol. The Morgan fingerprint density at radius 2 is 1.18 bits per heavy atom. The smallest absolute Gasteiger partial charge is 0.410 e. The number of hydrogen-bond acceptors (Lipinski definition) is 7. The number of esters is 2. The first-order chi connectivity index (χ1) is 26.8. The molecule has 1 saturated heterocycles. The summed E-state index contributed by atoms with van der Waals surface area (Å²) in [5, 5.41) is 2.65. The molecule has 0 bridgehead atoms. The number of rotatable bonds is 9. The largest absolute Gasteiger partial charge is 0.463 e. The Balaban J connectivity index is 0.976. The number of likely N-dealkylation sites (tertiary alicyclic amines) is 1. The Kier molecular flexibility index (Phi) is 9.64. The van der Waals surface area contributed by atoms with Gasteiger partial charge >= 0.3 is 18.0 Å². The molecule has 0 radical (unpaired) electrons. The van der Waals surface area contributed by atoms with Gasteiger partial charge in [0.25, 0.3) is 5.91 Å². The van der Waals surface area contributed by atoms with Crippen molar-refractivity contribution >= 4 is 23.9 Å². The molecule has 3 aliphatic rings. The fourth-order valence-electron chi connectivity index (χ4n) is 8.01. The number of terminal acetylenes is 1. The Hall–Kier alpha value is -6.66. The zero-order valence-corrected chi connectivity index (χ0v) is 30.1. The molecular weight excluding hydrogens is 693 g/mol. The van der Waals surface area contributed by atoms with E-state index in [2.05, 4.69) is 35.5 Å². The number of nitrogens with zero attached hydrogens (tertiary/aromatic N) is 1. The Morgan fingerprint density at radius 1 is 0.709 bits per heavy atom. The van der Waals surface area contributed by atoms with Gasteiger partial charge in [-0.05, 0) is 75.7 Å². The number of carbonyl (C=O) groups is 4. The zero-order chi connectivity index (χ0) is 38.1. The van der Waals surface area contributed by atoms with Gasteiger partial charge in [0, 0.05) is 29.4 Å². The van der Waals surface area contributed by atoms with Crippen LogP contribution in [0.1, 0.15) is 63.4 Å². The van der Waals surface area contributed by atoms with E-state index in [1.165, 1.54) is 11.8 Å². The van der Waals surface area contributed by atoms with Crippen molar-refractivity contribution in [3.8, 4) is 34.6 Å². The topological polar surface area (TPSA) is 111 Å². The highest BCUT2D eigenvalue weighted by Crippen LogP contribution is 2.46. The summed E-state index contributed by atoms with van der Waals surface area (Å²) in [6.45, 7) is 1.54. The lowest BCUT2D eigenvalue weighted by atomic mass is 9.98. The standard InChI is InChI=1S/C46H38N2O7/c1-3-29-20-22-30(23-21-29)43(49)47-28(2)44(50)55-31-24-42(45(51)53-26-40-36-16-8-4-12-32(36)33-13-5-9-17-37(33)40)48(25-31)46(52)54-27-41-38-18-10-6-14-34(38)35-15-7-11-19-39(35)41/h1,4-23,28,31,40-42H,24-27H2,2H3,(H,47,49)/t28-,31+,42-/m0/s1. The first-order valence-corrected chi connectivity index (χ1v) is 18.3. The minimum atomic E-state index is -1.07. The Labute approximate surface area is 319 Å². The van der Waals surface area contributed by atoms with Crippen LogP contribution < -0.4 is 5.32 Å². The molecule has 0 unspecified atom stereocenters. The van der Waals surface area contributed by atoms with Crippen LogP contribution in [0.3, 0.4) is 0 Å². The van der Waals surface area contributed by atoms with E-state index in [-0.39, 0.29) is 38.0 Å². The van der Waals surface area contributed by atoms with Gasteiger partial charge in [-0.25, -0.2) is 14.4 Å². The van der Waals surface area contributed by atoms with Crippen molar-refractivity contribution in [3.63, 3.8) is 0 Å². The fraction of sp³-hybridized carbons (Fsp3) is 0.217. The van der Waals surface area contributed by atoms with E-state index in [1.54, 1.807) is 24.3 Å². The van der Waals surface area contributed by atoms with Gasteiger partial charge in [0.1, 0.15) is 31.4 Å². The van der Waals surface area contributed by atoms with Crippen LogP contribution >= 0.6 is 0 Å². The third-order valence-electron chi connectivity index (χ3n) is 10.8. The van der Waals surface area contributed by atoms with E-state index in [9.17, 15) is 19.2 Å². The zero-order valence-electron chi connectivity index (χ0n) is 30.1. The predicted octanol–water partition coefficient (Wildman–Crippen LogP) is 7.08. The van der Waals surface area contributed by atoms with Crippen LogP contribution in [0.4, 0.5) is 4.79 Å². The number of hydrogen-bond donors (Lipinski definition) is 1. The van der Waals surface area contributed by atoms with Crippen LogP contribution in [0.15, 0.2) is 121 Å². The normalized spacial score (nSPS) is 17.2. The van der Waals surface area contributed by atoms with Gasteiger partial charge in [0.05, 0.1) is 6.54 Å². The first-order valence-electron chi connectivity index (χ1n) is 18.3. The second kappa shape index (κ2) is 15.0. The first kappa shape index (κ1) is 35.4. The molecule has 9 nitrogen and oxygen atoms in total. The fourth-order valence-corrected chi connectivity index (χ4v) is 8.01. The lowest BCUT2D eigenvalue weighted by molar-refractivity contribution is -0.152. The van der Waals surface area contributed by atoms with Crippen LogP contribution in [0.2, 0.25) is 0 Å². The molecule has 2 amide bonds. The van der Waals surface area contributed by atoms with Crippen molar-refractivity contribution in [1.82, 2.24) is 10.2 Å². The number of carbonyl (C=O) groups excluding carboxylic acids is 4. The van der Waals surface area contributed by atoms with E-state index < -0.39 is 42.1 Å². The summed E-state index contributed by atoms with van der Waals surface area (Å²) in [4.78, 5) is 55.3. The van der Waals surface area contributed by atoms with Crippen molar-refractivity contribution in [2.45, 2.75) is 43.4 Å². The van der Waals surface area contributed by atoms with E-state index in [0.29, 0.717) is 11.1 Å². The number of fused-ring (bicyclic) bond motifs is 6. The molecule has 1 heterocycles. The molecule has 0 aromatic heterocycles. The number of amides is 2. The summed E-state index contributed by atoms with van der Waals surface area (Å²) in [5.41, 5.74) is 9.56. The van der Waals surface area contributed by atoms with Crippen LogP contribution in [0.25, 0.3) is 22.3 Å². The molecule has 1 aliphatic heterocycles. The third kappa shape index (κ3) is 6.83. The highest BCUT2D eigenvalue weighted by atomic mass is 16.6. The van der Waals surface area contributed by atoms with Gasteiger partial charge in [-0.2, -0.15) is 0 Å². The van der Waals surface area contributed by atoms with Crippen LogP contribution in [-0.2, 0) is 23.8 Å². The van der Waals surface area contributed by atoms with Crippen LogP contribution in [0.5, 0.6) is 0 Å². The molecule has 3 atom stereocenters. The molecule has 2 aliphatic carbocycles. The number of nitrogens with one attached hydrogen (secondary N) is 1. The molecule has 1 N–H and O–H groups in total. The summed E-state index contributed by atoms with van der Waals surface area (Å²) in [5.74, 6) is 0.329. The maximum absolute atomic E-state index is 14.0. The second-order valence-corrected chi connectivity index (χ2v) is 14.0. The highest BCUT2D eigenvalue weighted by Gasteiger charge is 2.44. The molecule has 5 aromatic carbocycles. The summed E-state index contributed by atoms with van der Waals surface area (Å²) < 4.78 is 17.8. The number of benzene rings is 5. The van der Waals surface area contributed by atoms with E-state index >= 15 is 0 Å². The minimum absolute atomic E-state index is 0.000820. The maximum Gasteiger partial charge on any atom is 0.410 e. The molecule has 8 rings (SSSR count). The summed E-state index contributed by atoms with van der Waals surface area (Å²) in [7, 11) is 0. The molecule has 0 saturated carbocycles.